The van der Waals surface area contributed by atoms with Crippen molar-refractivity contribution >= 4 is 5.69 Å². The van der Waals surface area contributed by atoms with E-state index in [1.807, 2.05) is 30.3 Å². The van der Waals surface area contributed by atoms with Crippen LogP contribution >= 0.6 is 0 Å². The zero-order valence-electron chi connectivity index (χ0n) is 8.70. The van der Waals surface area contributed by atoms with Crippen molar-refractivity contribution in [2.75, 3.05) is 5.43 Å². The van der Waals surface area contributed by atoms with Gasteiger partial charge in [-0.1, -0.05) is 36.4 Å². The summed E-state index contributed by atoms with van der Waals surface area (Å²) in [7, 11) is 0. The molecule has 2 rings (SSSR count). The predicted molar refractivity (Wildman–Crippen MR) is 64.4 cm³/mol. The van der Waals surface area contributed by atoms with Crippen LogP contribution in [0.5, 0.6) is 0 Å². The van der Waals surface area contributed by atoms with E-state index < -0.39 is 0 Å². The fourth-order valence-corrected chi connectivity index (χ4v) is 1.70. The summed E-state index contributed by atoms with van der Waals surface area (Å²) in [4.78, 5) is 0. The molecule has 3 N–H and O–H groups in total. The van der Waals surface area contributed by atoms with Crippen LogP contribution in [0.3, 0.4) is 0 Å². The molecule has 0 spiro atoms. The molecule has 2 aromatic carbocycles. The minimum Gasteiger partial charge on any atom is -0.324 e. The maximum atomic E-state index is 5.36. The number of rotatable bonds is 2. The van der Waals surface area contributed by atoms with E-state index >= 15 is 0 Å². The van der Waals surface area contributed by atoms with Crippen molar-refractivity contribution in [3.05, 3.63) is 54.1 Å². The average molecular weight is 198 g/mol. The minimum absolute atomic E-state index is 0.937. The van der Waals surface area contributed by atoms with Gasteiger partial charge in [-0.25, -0.2) is 0 Å². The Morgan fingerprint density at radius 1 is 1.00 bits per heavy atom. The lowest BCUT2D eigenvalue weighted by Gasteiger charge is -2.08. The van der Waals surface area contributed by atoms with Crippen LogP contribution in [-0.4, -0.2) is 0 Å². The van der Waals surface area contributed by atoms with Gasteiger partial charge in [0, 0.05) is 5.69 Å². The summed E-state index contributed by atoms with van der Waals surface area (Å²) in [6.07, 6.45) is 0. The molecule has 0 aromatic heterocycles. The number of aryl methyl sites for hydroxylation is 1. The van der Waals surface area contributed by atoms with Crippen LogP contribution in [0, 0.1) is 6.92 Å². The zero-order valence-corrected chi connectivity index (χ0v) is 8.70. The summed E-state index contributed by atoms with van der Waals surface area (Å²) in [6.45, 7) is 2.09. The molecule has 15 heavy (non-hydrogen) atoms. The second-order valence-corrected chi connectivity index (χ2v) is 3.54. The van der Waals surface area contributed by atoms with Crippen LogP contribution in [0.25, 0.3) is 11.1 Å². The quantitative estimate of drug-likeness (QED) is 0.575. The van der Waals surface area contributed by atoms with Crippen molar-refractivity contribution in [2.24, 2.45) is 5.84 Å². The molecule has 0 aliphatic carbocycles. The summed E-state index contributed by atoms with van der Waals surface area (Å²) >= 11 is 0. The van der Waals surface area contributed by atoms with Gasteiger partial charge in [0.05, 0.1) is 0 Å². The van der Waals surface area contributed by atoms with E-state index in [4.69, 9.17) is 5.84 Å². The van der Waals surface area contributed by atoms with Crippen LogP contribution in [0.15, 0.2) is 48.5 Å². The van der Waals surface area contributed by atoms with E-state index in [1.54, 1.807) is 0 Å². The molecule has 0 atom stereocenters. The van der Waals surface area contributed by atoms with Gasteiger partial charge in [0.1, 0.15) is 0 Å². The van der Waals surface area contributed by atoms with E-state index in [9.17, 15) is 0 Å². The van der Waals surface area contributed by atoms with Crippen molar-refractivity contribution in [3.8, 4) is 11.1 Å². The van der Waals surface area contributed by atoms with Gasteiger partial charge in [-0.2, -0.15) is 0 Å². The predicted octanol–water partition coefficient (Wildman–Crippen LogP) is 2.95. The largest absolute Gasteiger partial charge is 0.324 e. The van der Waals surface area contributed by atoms with Gasteiger partial charge in [0.25, 0.3) is 0 Å². The second kappa shape index (κ2) is 4.15. The molecule has 0 radical (unpaired) electrons. The monoisotopic (exact) mass is 198 g/mol. The molecule has 0 aliphatic rings. The number of hydrogen-bond acceptors (Lipinski definition) is 2. The summed E-state index contributed by atoms with van der Waals surface area (Å²) < 4.78 is 0. The lowest BCUT2D eigenvalue weighted by atomic mass is 10.0. The van der Waals surface area contributed by atoms with Crippen LogP contribution < -0.4 is 11.3 Å². The Morgan fingerprint density at radius 3 is 2.33 bits per heavy atom. The van der Waals surface area contributed by atoms with Crippen LogP contribution in [-0.2, 0) is 0 Å². The van der Waals surface area contributed by atoms with Crippen molar-refractivity contribution < 1.29 is 0 Å². The van der Waals surface area contributed by atoms with Crippen molar-refractivity contribution in [3.63, 3.8) is 0 Å². The molecule has 76 valence electrons. The standard InChI is InChI=1S/C13H14N2/c1-10-9-12(15-14)7-8-13(10)11-5-3-2-4-6-11/h2-9,15H,14H2,1H3. The van der Waals surface area contributed by atoms with Gasteiger partial charge in [-0.05, 0) is 35.7 Å². The van der Waals surface area contributed by atoms with Gasteiger partial charge in [0.2, 0.25) is 0 Å². The van der Waals surface area contributed by atoms with Crippen LogP contribution in [0.4, 0.5) is 5.69 Å². The first-order valence-corrected chi connectivity index (χ1v) is 4.94. The lowest BCUT2D eigenvalue weighted by molar-refractivity contribution is 1.33. The van der Waals surface area contributed by atoms with Crippen molar-refractivity contribution in [1.82, 2.24) is 0 Å². The molecule has 0 unspecified atom stereocenters. The lowest BCUT2D eigenvalue weighted by Crippen LogP contribution is -2.06. The van der Waals surface area contributed by atoms with Crippen molar-refractivity contribution in [1.29, 1.82) is 0 Å². The fourth-order valence-electron chi connectivity index (χ4n) is 1.70. The molecule has 0 amide bonds. The number of nitrogens with one attached hydrogen (secondary N) is 1. The normalized spacial score (nSPS) is 10.0. The van der Waals surface area contributed by atoms with Gasteiger partial charge < -0.3 is 5.43 Å². The maximum absolute atomic E-state index is 5.36. The molecule has 2 nitrogen and oxygen atoms in total. The number of anilines is 1. The number of hydrazine groups is 1. The molecule has 2 aromatic rings. The first-order chi connectivity index (χ1) is 7.31. The van der Waals surface area contributed by atoms with E-state index in [0.717, 1.165) is 5.69 Å². The van der Waals surface area contributed by atoms with Crippen molar-refractivity contribution in [2.45, 2.75) is 6.92 Å². The smallest absolute Gasteiger partial charge is 0.0488 e. The Hall–Kier alpha value is -1.80. The van der Waals surface area contributed by atoms with Gasteiger partial charge in [0.15, 0.2) is 0 Å². The molecule has 0 heterocycles. The fraction of sp³-hybridized carbons (Fsp3) is 0.0769. The molecule has 0 fully saturated rings. The SMILES string of the molecule is Cc1cc(NN)ccc1-c1ccccc1. The van der Waals surface area contributed by atoms with E-state index in [0.29, 0.717) is 0 Å². The Kier molecular flexibility index (Phi) is 2.70. The number of benzene rings is 2. The van der Waals surface area contributed by atoms with Gasteiger partial charge >= 0.3 is 0 Å². The Balaban J connectivity index is 2.46. The van der Waals surface area contributed by atoms with Gasteiger partial charge in [-0.15, -0.1) is 0 Å². The second-order valence-electron chi connectivity index (χ2n) is 3.54. The first-order valence-electron chi connectivity index (χ1n) is 4.94. The molecule has 0 saturated heterocycles. The summed E-state index contributed by atoms with van der Waals surface area (Å²) in [5.41, 5.74) is 7.28. The van der Waals surface area contributed by atoms with Gasteiger partial charge in [-0.3, -0.25) is 5.84 Å². The molecule has 0 aliphatic heterocycles. The van der Waals surface area contributed by atoms with Crippen LogP contribution in [0.1, 0.15) is 5.56 Å². The average Bonchev–Trinajstić information content (AvgIpc) is 2.30. The molecule has 2 heteroatoms. The molecule has 0 saturated carbocycles. The maximum Gasteiger partial charge on any atom is 0.0488 e. The number of nitrogens with two attached hydrogens (primary N) is 1. The summed E-state index contributed by atoms with van der Waals surface area (Å²) in [5.74, 6) is 5.36. The van der Waals surface area contributed by atoms with E-state index in [-0.39, 0.29) is 0 Å². The highest BCUT2D eigenvalue weighted by atomic mass is 15.2. The molecule has 0 bridgehead atoms. The molecular formula is C13H14N2. The third kappa shape index (κ3) is 2.00. The van der Waals surface area contributed by atoms with E-state index in [2.05, 4.69) is 30.5 Å². The third-order valence-corrected chi connectivity index (χ3v) is 2.48. The van der Waals surface area contributed by atoms with E-state index in [1.165, 1.54) is 16.7 Å². The highest BCUT2D eigenvalue weighted by molar-refractivity contribution is 5.69. The Morgan fingerprint density at radius 2 is 1.73 bits per heavy atom. The number of nitrogen functional groups attached to an aromatic ring is 1. The Labute approximate surface area is 89.7 Å². The first kappa shape index (κ1) is 9.74. The minimum atomic E-state index is 0.937. The third-order valence-electron chi connectivity index (χ3n) is 2.48. The summed E-state index contributed by atoms with van der Waals surface area (Å²) in [5, 5.41) is 0. The Bertz CT molecular complexity index is 449. The highest BCUT2D eigenvalue weighted by Crippen LogP contribution is 2.25. The zero-order chi connectivity index (χ0) is 10.7. The topological polar surface area (TPSA) is 38.0 Å². The highest BCUT2D eigenvalue weighted by Gasteiger charge is 2.01. The number of hydrogen-bond donors (Lipinski definition) is 2. The summed E-state index contributed by atoms with van der Waals surface area (Å²) in [6, 6.07) is 16.4. The van der Waals surface area contributed by atoms with Crippen LogP contribution in [0.2, 0.25) is 0 Å². The molecular weight excluding hydrogens is 184 g/mol.